The normalized spacial score (nSPS) is 17.9. The Morgan fingerprint density at radius 1 is 1.10 bits per heavy atom. The number of amides is 2. The molecule has 2 amide bonds. The Kier molecular flexibility index (Phi) is 3.47. The van der Waals surface area contributed by atoms with Gasteiger partial charge in [0.15, 0.2) is 0 Å². The number of carbonyl (C=O) groups excluding carboxylic acids is 1. The predicted molar refractivity (Wildman–Crippen MR) is 74.1 cm³/mol. The summed E-state index contributed by atoms with van der Waals surface area (Å²) < 4.78 is 28.4. The third-order valence-electron chi connectivity index (χ3n) is 3.97. The van der Waals surface area contributed by atoms with E-state index in [1.54, 1.807) is 0 Å². The quantitative estimate of drug-likeness (QED) is 0.780. The molecule has 108 valence electrons. The van der Waals surface area contributed by atoms with Crippen LogP contribution in [-0.2, 0) is 40.7 Å². The maximum absolute atomic E-state index is 14.4. The summed E-state index contributed by atoms with van der Waals surface area (Å²) in [7, 11) is -2.03. The van der Waals surface area contributed by atoms with Crippen molar-refractivity contribution in [3.63, 3.8) is 0 Å². The number of rotatable bonds is 1. The molecule has 0 unspecified atom stereocenters. The number of halogens is 1. The van der Waals surface area contributed by atoms with Crippen molar-refractivity contribution in [2.75, 3.05) is 5.32 Å². The average Bonchev–Trinajstić information content (AvgIpc) is 3.02. The molecule has 3 rings (SSSR count). The Morgan fingerprint density at radius 2 is 1.60 bits per heavy atom. The summed E-state index contributed by atoms with van der Waals surface area (Å²) >= 11 is 0. The first-order valence-corrected chi connectivity index (χ1v) is 7.79. The molecule has 1 aromatic carbocycles. The minimum Gasteiger partial charge on any atom is -0.430 e. The molecule has 0 aliphatic heterocycles. The summed E-state index contributed by atoms with van der Waals surface area (Å²) in [6, 6.07) is -0.736. The van der Waals surface area contributed by atoms with Crippen LogP contribution in [0.5, 0.6) is 0 Å². The van der Waals surface area contributed by atoms with Gasteiger partial charge in [-0.05, 0) is 60.8 Å². The van der Waals surface area contributed by atoms with Gasteiger partial charge in [-0.15, -0.1) is 10.8 Å². The van der Waals surface area contributed by atoms with Crippen molar-refractivity contribution in [2.45, 2.75) is 38.5 Å². The fourth-order valence-electron chi connectivity index (χ4n) is 3.25. The molecule has 0 atom stereocenters. The highest BCUT2D eigenvalue weighted by molar-refractivity contribution is 7.72. The number of hydrogen-bond donors (Lipinski definition) is 2. The number of nitrogens with two attached hydrogens (primary N) is 1. The van der Waals surface area contributed by atoms with Crippen LogP contribution < -0.4 is 10.5 Å². The van der Waals surface area contributed by atoms with Gasteiger partial charge in [-0.2, -0.15) is 0 Å². The Morgan fingerprint density at radius 3 is 2.10 bits per heavy atom. The van der Waals surface area contributed by atoms with E-state index in [1.807, 2.05) is 0 Å². The van der Waals surface area contributed by atoms with Gasteiger partial charge < -0.3 is 19.0 Å². The van der Waals surface area contributed by atoms with Gasteiger partial charge in [0, 0.05) is 5.69 Å². The van der Waals surface area contributed by atoms with Gasteiger partial charge in [0.25, 0.3) is 0 Å². The van der Waals surface area contributed by atoms with E-state index in [1.165, 1.54) is 0 Å². The SMILES string of the molecule is N[S-](=O)=NC(=O)Nc1c2c(c(F)c3c1CCC3)CCC2. The lowest BCUT2D eigenvalue weighted by molar-refractivity contribution is 0.260. The number of anilines is 1. The fraction of sp³-hybridized carbons (Fsp3) is 0.462. The topological polar surface area (TPSA) is 84.6 Å². The first-order valence-electron chi connectivity index (χ1n) is 6.62. The van der Waals surface area contributed by atoms with E-state index in [2.05, 4.69) is 9.68 Å². The van der Waals surface area contributed by atoms with Crippen LogP contribution in [0.4, 0.5) is 14.9 Å². The average molecular weight is 296 g/mol. The molecular formula is C13H15FN3O2S-. The van der Waals surface area contributed by atoms with Crippen LogP contribution in [0.3, 0.4) is 0 Å². The predicted octanol–water partition coefficient (Wildman–Crippen LogP) is 2.36. The van der Waals surface area contributed by atoms with E-state index >= 15 is 0 Å². The Bertz CT molecular complexity index is 646. The Labute approximate surface area is 118 Å². The highest BCUT2D eigenvalue weighted by Gasteiger charge is 2.29. The van der Waals surface area contributed by atoms with Crippen molar-refractivity contribution in [1.82, 2.24) is 0 Å². The summed E-state index contributed by atoms with van der Waals surface area (Å²) in [5.41, 5.74) is 3.85. The molecule has 0 spiro atoms. The molecule has 5 nitrogen and oxygen atoms in total. The van der Waals surface area contributed by atoms with Crippen molar-refractivity contribution in [2.24, 2.45) is 9.50 Å². The molecule has 0 radical (unpaired) electrons. The lowest BCUT2D eigenvalue weighted by Gasteiger charge is -2.16. The number of hydrogen-bond acceptors (Lipinski definition) is 3. The van der Waals surface area contributed by atoms with Crippen molar-refractivity contribution >= 4 is 22.5 Å². The van der Waals surface area contributed by atoms with Crippen LogP contribution in [0, 0.1) is 5.82 Å². The Hall–Kier alpha value is -1.47. The summed E-state index contributed by atoms with van der Waals surface area (Å²) in [4.78, 5) is 11.7. The molecule has 1 aromatic rings. The number of nitrogens with one attached hydrogen (secondary N) is 1. The van der Waals surface area contributed by atoms with Gasteiger partial charge in [-0.1, -0.05) is 0 Å². The second kappa shape index (κ2) is 5.14. The van der Waals surface area contributed by atoms with E-state index in [4.69, 9.17) is 5.14 Å². The lowest BCUT2D eigenvalue weighted by atomic mass is 9.98. The molecule has 2 aliphatic rings. The zero-order valence-electron chi connectivity index (χ0n) is 10.9. The lowest BCUT2D eigenvalue weighted by Crippen LogP contribution is -2.13. The summed E-state index contributed by atoms with van der Waals surface area (Å²) in [5, 5.41) is 7.64. The van der Waals surface area contributed by atoms with Crippen molar-refractivity contribution in [3.05, 3.63) is 28.1 Å². The fourth-order valence-corrected chi connectivity index (χ4v) is 3.46. The molecule has 3 N–H and O–H groups in total. The third-order valence-corrected chi connectivity index (χ3v) is 4.32. The van der Waals surface area contributed by atoms with Crippen LogP contribution in [-0.4, -0.2) is 6.03 Å². The van der Waals surface area contributed by atoms with Gasteiger partial charge in [-0.3, -0.25) is 0 Å². The van der Waals surface area contributed by atoms with Crippen LogP contribution in [0.15, 0.2) is 4.36 Å². The summed E-state index contributed by atoms with van der Waals surface area (Å²) in [6.45, 7) is 0. The molecule has 0 fully saturated rings. The molecule has 20 heavy (non-hydrogen) atoms. The van der Waals surface area contributed by atoms with E-state index < -0.39 is 16.8 Å². The van der Waals surface area contributed by atoms with Crippen LogP contribution in [0.25, 0.3) is 0 Å². The second-order valence-corrected chi connectivity index (χ2v) is 5.84. The van der Waals surface area contributed by atoms with E-state index in [0.29, 0.717) is 18.5 Å². The van der Waals surface area contributed by atoms with Crippen molar-refractivity contribution in [3.8, 4) is 0 Å². The third kappa shape index (κ3) is 2.20. The zero-order chi connectivity index (χ0) is 14.3. The van der Waals surface area contributed by atoms with Gasteiger partial charge in [-0.25, -0.2) is 9.18 Å². The summed E-state index contributed by atoms with van der Waals surface area (Å²) in [5.74, 6) is -0.0951. The van der Waals surface area contributed by atoms with Gasteiger partial charge in [0.1, 0.15) is 5.82 Å². The standard InChI is InChI=1S/C13H15FN3O2S/c14-11-7-3-1-5-9(7)12(10-6-2-4-8(10)11)16-13(18)17-20(15)19/h1-6H2,(H3,15,16,17,18,19)/q-1. The molecule has 0 saturated carbocycles. The smallest absolute Gasteiger partial charge is 0.323 e. The van der Waals surface area contributed by atoms with Crippen LogP contribution >= 0.6 is 0 Å². The largest absolute Gasteiger partial charge is 0.430 e. The van der Waals surface area contributed by atoms with Crippen LogP contribution in [0.1, 0.15) is 35.1 Å². The Balaban J connectivity index is 2.09. The van der Waals surface area contributed by atoms with Gasteiger partial charge in [0.05, 0.1) is 0 Å². The minimum atomic E-state index is -2.03. The van der Waals surface area contributed by atoms with E-state index in [9.17, 15) is 13.4 Å². The maximum atomic E-state index is 14.4. The molecule has 0 heterocycles. The number of carbonyl (C=O) groups is 1. The summed E-state index contributed by atoms with van der Waals surface area (Å²) in [6.07, 6.45) is 4.69. The van der Waals surface area contributed by atoms with Crippen molar-refractivity contribution < 1.29 is 13.4 Å². The monoisotopic (exact) mass is 296 g/mol. The highest BCUT2D eigenvalue weighted by atomic mass is 32.2. The van der Waals surface area contributed by atoms with Gasteiger partial charge >= 0.3 is 6.03 Å². The van der Waals surface area contributed by atoms with Gasteiger partial charge in [0.2, 0.25) is 0 Å². The molecule has 0 aromatic heterocycles. The molecule has 7 heteroatoms. The van der Waals surface area contributed by atoms with Crippen molar-refractivity contribution in [1.29, 1.82) is 0 Å². The molecule has 0 bridgehead atoms. The maximum Gasteiger partial charge on any atom is 0.323 e. The number of fused-ring (bicyclic) bond motifs is 2. The first kappa shape index (κ1) is 13.5. The van der Waals surface area contributed by atoms with Crippen LogP contribution in [0.2, 0.25) is 0 Å². The van der Waals surface area contributed by atoms with E-state index in [0.717, 1.165) is 47.9 Å². The minimum absolute atomic E-state index is 0.0951. The number of benzene rings is 1. The molecule has 0 saturated heterocycles. The highest BCUT2D eigenvalue weighted by Crippen LogP contribution is 2.40. The number of urea groups is 1. The molecule has 2 aliphatic carbocycles. The van der Waals surface area contributed by atoms with E-state index in [-0.39, 0.29) is 5.82 Å². The number of nitrogens with zero attached hydrogens (tertiary/aromatic N) is 1. The first-order chi connectivity index (χ1) is 9.58. The zero-order valence-corrected chi connectivity index (χ0v) is 11.7. The molecular weight excluding hydrogens is 281 g/mol. The second-order valence-electron chi connectivity index (χ2n) is 5.11.